The minimum Gasteiger partial charge on any atom is -0.274 e. The number of anilines is 2. The molecule has 0 saturated heterocycles. The molecule has 0 saturated carbocycles. The molecule has 0 bridgehead atoms. The fraction of sp³-hybridized carbons (Fsp3) is 0.238. The third kappa shape index (κ3) is 4.92. The summed E-state index contributed by atoms with van der Waals surface area (Å²) in [4.78, 5) is 18.7. The molecule has 2 aromatic carbocycles. The van der Waals surface area contributed by atoms with Gasteiger partial charge in [-0.05, 0) is 48.7 Å². The number of aryl methyl sites for hydroxylation is 1. The summed E-state index contributed by atoms with van der Waals surface area (Å²) in [6.45, 7) is 5.67. The number of hydrogen-bond donors (Lipinski definition) is 0. The lowest BCUT2D eigenvalue weighted by molar-refractivity contribution is -0.115. The maximum Gasteiger partial charge on any atom is 0.230 e. The number of amides is 1. The number of hydrogen-bond acceptors (Lipinski definition) is 4. The van der Waals surface area contributed by atoms with Crippen molar-refractivity contribution in [1.29, 1.82) is 0 Å². The molecule has 3 nitrogen and oxygen atoms in total. The molecule has 140 valence electrons. The zero-order chi connectivity index (χ0) is 19.4. The number of nitrogens with zero attached hydrogens (tertiary/aromatic N) is 2. The second kappa shape index (κ2) is 8.91. The molecule has 0 aliphatic carbocycles. The molecule has 6 heteroatoms. The number of thiazole rings is 1. The van der Waals surface area contributed by atoms with E-state index >= 15 is 0 Å². The van der Waals surface area contributed by atoms with E-state index < -0.39 is 0 Å². The summed E-state index contributed by atoms with van der Waals surface area (Å²) in [7, 11) is 0. The number of benzene rings is 2. The van der Waals surface area contributed by atoms with Gasteiger partial charge in [0.2, 0.25) is 5.91 Å². The lowest BCUT2D eigenvalue weighted by Gasteiger charge is -2.21. The molecule has 0 N–H and O–H groups in total. The van der Waals surface area contributed by atoms with Crippen molar-refractivity contribution in [3.05, 3.63) is 75.3 Å². The van der Waals surface area contributed by atoms with Gasteiger partial charge in [0.1, 0.15) is 0 Å². The number of carbonyl (C=O) groups excluding carboxylic acids is 1. The van der Waals surface area contributed by atoms with Crippen molar-refractivity contribution in [2.24, 2.45) is 0 Å². The summed E-state index contributed by atoms with van der Waals surface area (Å²) in [6.07, 6.45) is 0. The van der Waals surface area contributed by atoms with E-state index in [4.69, 9.17) is 16.6 Å². The summed E-state index contributed by atoms with van der Waals surface area (Å²) >= 11 is 9.23. The van der Waals surface area contributed by atoms with Gasteiger partial charge in [0.05, 0.1) is 11.4 Å². The van der Waals surface area contributed by atoms with Gasteiger partial charge in [-0.25, -0.2) is 4.98 Å². The molecular formula is C21H21ClN2OS2. The van der Waals surface area contributed by atoms with E-state index in [1.54, 1.807) is 23.6 Å². The molecule has 0 aliphatic rings. The average molecular weight is 417 g/mol. The van der Waals surface area contributed by atoms with Crippen LogP contribution in [0.5, 0.6) is 0 Å². The Morgan fingerprint density at radius 2 is 1.89 bits per heavy atom. The van der Waals surface area contributed by atoms with Crippen LogP contribution in [0.1, 0.15) is 29.3 Å². The SMILES string of the molecule is CC(=O)N(c1nc(CSCc2ccc(Cl)cc2)cs1)c1cccc(C)c1C. The molecule has 0 unspecified atom stereocenters. The number of carbonyl (C=O) groups is 1. The summed E-state index contributed by atoms with van der Waals surface area (Å²) in [6, 6.07) is 13.9. The van der Waals surface area contributed by atoms with E-state index in [-0.39, 0.29) is 5.91 Å². The van der Waals surface area contributed by atoms with Gasteiger partial charge >= 0.3 is 0 Å². The zero-order valence-electron chi connectivity index (χ0n) is 15.5. The topological polar surface area (TPSA) is 33.2 Å². The molecule has 1 aromatic heterocycles. The first-order valence-corrected chi connectivity index (χ1v) is 11.0. The van der Waals surface area contributed by atoms with Crippen LogP contribution in [0, 0.1) is 13.8 Å². The van der Waals surface area contributed by atoms with Gasteiger partial charge < -0.3 is 0 Å². The third-order valence-corrected chi connectivity index (χ3v) is 6.46. The predicted octanol–water partition coefficient (Wildman–Crippen LogP) is 6.53. The van der Waals surface area contributed by atoms with Crippen LogP contribution in [0.3, 0.4) is 0 Å². The normalized spacial score (nSPS) is 10.8. The van der Waals surface area contributed by atoms with Crippen LogP contribution < -0.4 is 4.90 Å². The van der Waals surface area contributed by atoms with E-state index in [9.17, 15) is 4.79 Å². The van der Waals surface area contributed by atoms with E-state index in [0.29, 0.717) is 0 Å². The van der Waals surface area contributed by atoms with Gasteiger partial charge in [0, 0.05) is 28.8 Å². The fourth-order valence-corrected chi connectivity index (χ4v) is 4.70. The quantitative estimate of drug-likeness (QED) is 0.457. The monoisotopic (exact) mass is 416 g/mol. The molecule has 0 fully saturated rings. The van der Waals surface area contributed by atoms with Crippen LogP contribution in [0.15, 0.2) is 47.8 Å². The van der Waals surface area contributed by atoms with Gasteiger partial charge in [0.25, 0.3) is 0 Å². The van der Waals surface area contributed by atoms with Crippen molar-refractivity contribution in [2.45, 2.75) is 32.3 Å². The Morgan fingerprint density at radius 1 is 1.15 bits per heavy atom. The summed E-state index contributed by atoms with van der Waals surface area (Å²) in [5.74, 6) is 1.67. The number of rotatable bonds is 6. The first-order chi connectivity index (χ1) is 13.0. The van der Waals surface area contributed by atoms with E-state index in [2.05, 4.69) is 13.0 Å². The summed E-state index contributed by atoms with van der Waals surface area (Å²) in [5, 5.41) is 3.51. The Balaban J connectivity index is 1.71. The largest absolute Gasteiger partial charge is 0.274 e. The molecule has 0 spiro atoms. The Hall–Kier alpha value is -1.82. The Kier molecular flexibility index (Phi) is 6.58. The molecule has 0 radical (unpaired) electrons. The molecule has 0 aliphatic heterocycles. The lowest BCUT2D eigenvalue weighted by atomic mass is 10.1. The fourth-order valence-electron chi connectivity index (χ4n) is 2.70. The molecule has 1 amide bonds. The van der Waals surface area contributed by atoms with Crippen molar-refractivity contribution < 1.29 is 4.79 Å². The molecule has 0 atom stereocenters. The van der Waals surface area contributed by atoms with Gasteiger partial charge in [-0.3, -0.25) is 9.69 Å². The molecular weight excluding hydrogens is 396 g/mol. The highest BCUT2D eigenvalue weighted by atomic mass is 35.5. The average Bonchev–Trinajstić information content (AvgIpc) is 3.09. The van der Waals surface area contributed by atoms with Crippen LogP contribution in [-0.4, -0.2) is 10.9 Å². The summed E-state index contributed by atoms with van der Waals surface area (Å²) in [5.41, 5.74) is 5.39. The van der Waals surface area contributed by atoms with Crippen LogP contribution in [0.25, 0.3) is 0 Å². The molecule has 3 aromatic rings. The van der Waals surface area contributed by atoms with Crippen molar-refractivity contribution in [2.75, 3.05) is 4.90 Å². The Bertz CT molecular complexity index is 938. The second-order valence-corrected chi connectivity index (χ2v) is 8.57. The standard InChI is InChI=1S/C21H21ClN2OS2/c1-14-5-4-6-20(15(14)2)24(16(3)25)21-23-19(13-27-21)12-26-11-17-7-9-18(22)10-8-17/h4-10,13H,11-12H2,1-3H3. The number of thioether (sulfide) groups is 1. The molecule has 1 heterocycles. The van der Waals surface area contributed by atoms with E-state index in [0.717, 1.165) is 44.2 Å². The van der Waals surface area contributed by atoms with Crippen LogP contribution in [-0.2, 0) is 16.3 Å². The molecule has 3 rings (SSSR count). The van der Waals surface area contributed by atoms with Crippen LogP contribution >= 0.6 is 34.7 Å². The highest BCUT2D eigenvalue weighted by Crippen LogP contribution is 2.33. The van der Waals surface area contributed by atoms with Gasteiger partial charge in [-0.15, -0.1) is 11.3 Å². The van der Waals surface area contributed by atoms with Crippen molar-refractivity contribution in [3.8, 4) is 0 Å². The minimum atomic E-state index is -0.0292. The van der Waals surface area contributed by atoms with Gasteiger partial charge in [0.15, 0.2) is 5.13 Å². The summed E-state index contributed by atoms with van der Waals surface area (Å²) < 4.78 is 0. The number of halogens is 1. The van der Waals surface area contributed by atoms with Gasteiger partial charge in [-0.2, -0.15) is 11.8 Å². The maximum absolute atomic E-state index is 12.3. The van der Waals surface area contributed by atoms with Crippen LogP contribution in [0.2, 0.25) is 5.02 Å². The second-order valence-electron chi connectivity index (χ2n) is 6.31. The zero-order valence-corrected chi connectivity index (χ0v) is 17.9. The maximum atomic E-state index is 12.3. The van der Waals surface area contributed by atoms with Gasteiger partial charge in [-0.1, -0.05) is 35.9 Å². The Morgan fingerprint density at radius 3 is 2.59 bits per heavy atom. The molecule has 27 heavy (non-hydrogen) atoms. The van der Waals surface area contributed by atoms with Crippen LogP contribution in [0.4, 0.5) is 10.8 Å². The van der Waals surface area contributed by atoms with Crippen molar-refractivity contribution >= 4 is 51.4 Å². The highest BCUT2D eigenvalue weighted by Gasteiger charge is 2.20. The van der Waals surface area contributed by atoms with Crippen molar-refractivity contribution in [1.82, 2.24) is 4.98 Å². The van der Waals surface area contributed by atoms with E-state index in [1.807, 2.05) is 48.7 Å². The first-order valence-electron chi connectivity index (χ1n) is 8.59. The smallest absolute Gasteiger partial charge is 0.230 e. The first kappa shape index (κ1) is 19.9. The lowest BCUT2D eigenvalue weighted by Crippen LogP contribution is -2.23. The van der Waals surface area contributed by atoms with E-state index in [1.165, 1.54) is 16.9 Å². The number of aromatic nitrogens is 1. The van der Waals surface area contributed by atoms with Crippen molar-refractivity contribution in [3.63, 3.8) is 0 Å². The minimum absolute atomic E-state index is 0.0292. The third-order valence-electron chi connectivity index (χ3n) is 4.29. The highest BCUT2D eigenvalue weighted by molar-refractivity contribution is 7.97. The Labute approximate surface area is 173 Å². The predicted molar refractivity (Wildman–Crippen MR) is 117 cm³/mol.